The van der Waals surface area contributed by atoms with Crippen LogP contribution in [-0.4, -0.2) is 9.97 Å². The fourth-order valence-electron chi connectivity index (χ4n) is 1.08. The molecule has 0 fully saturated rings. The quantitative estimate of drug-likeness (QED) is 0.792. The van der Waals surface area contributed by atoms with Crippen LogP contribution in [-0.2, 0) is 0 Å². The van der Waals surface area contributed by atoms with Crippen molar-refractivity contribution in [3.05, 3.63) is 41.7 Å². The number of anilines is 1. The molecule has 2 N–H and O–H groups in total. The number of para-hydroxylation sites is 1. The van der Waals surface area contributed by atoms with Crippen LogP contribution in [0, 0.1) is 0 Å². The Kier molecular flexibility index (Phi) is 2.69. The van der Waals surface area contributed by atoms with Gasteiger partial charge in [-0.1, -0.05) is 18.2 Å². The maximum absolute atomic E-state index is 5.63. The van der Waals surface area contributed by atoms with Gasteiger partial charge in [0.1, 0.15) is 11.6 Å². The van der Waals surface area contributed by atoms with Crippen LogP contribution < -0.4 is 10.5 Å². The Morgan fingerprint density at radius 3 is 2.53 bits per heavy atom. The molecule has 1 aromatic carbocycles. The van der Waals surface area contributed by atoms with Crippen LogP contribution >= 0.6 is 11.6 Å². The number of nitrogens with zero attached hydrogens (tertiary/aromatic N) is 2. The zero-order valence-corrected chi connectivity index (χ0v) is 8.48. The highest BCUT2D eigenvalue weighted by Gasteiger charge is 2.02. The zero-order chi connectivity index (χ0) is 10.7. The van der Waals surface area contributed by atoms with E-state index in [0.29, 0.717) is 11.6 Å². The summed E-state index contributed by atoms with van der Waals surface area (Å²) in [5, 5.41) is 0.0703. The minimum Gasteiger partial charge on any atom is -0.439 e. The molecule has 0 amide bonds. The number of nitrogens with two attached hydrogens (primary N) is 1. The molecule has 0 saturated carbocycles. The van der Waals surface area contributed by atoms with Crippen molar-refractivity contribution in [2.75, 3.05) is 5.73 Å². The lowest BCUT2D eigenvalue weighted by molar-refractivity contribution is 0.462. The molecular formula is C10H8ClN3O. The third-order valence-electron chi connectivity index (χ3n) is 1.66. The summed E-state index contributed by atoms with van der Waals surface area (Å²) in [6.07, 6.45) is 0. The van der Waals surface area contributed by atoms with E-state index in [1.807, 2.05) is 30.3 Å². The molecule has 0 unspecified atom stereocenters. The van der Waals surface area contributed by atoms with Gasteiger partial charge in [0.05, 0.1) is 0 Å². The first-order chi connectivity index (χ1) is 7.24. The van der Waals surface area contributed by atoms with Crippen molar-refractivity contribution < 1.29 is 4.74 Å². The first-order valence-corrected chi connectivity index (χ1v) is 4.65. The van der Waals surface area contributed by atoms with E-state index in [1.165, 1.54) is 6.07 Å². The highest BCUT2D eigenvalue weighted by atomic mass is 35.5. The summed E-state index contributed by atoms with van der Waals surface area (Å²) in [6, 6.07) is 10.8. The van der Waals surface area contributed by atoms with Gasteiger partial charge in [0.2, 0.25) is 11.2 Å². The summed E-state index contributed by atoms with van der Waals surface area (Å²) < 4.78 is 5.42. The first kappa shape index (κ1) is 9.73. The molecule has 0 spiro atoms. The van der Waals surface area contributed by atoms with Crippen LogP contribution in [0.3, 0.4) is 0 Å². The minimum atomic E-state index is 0.0703. The van der Waals surface area contributed by atoms with Crippen molar-refractivity contribution in [3.8, 4) is 11.6 Å². The van der Waals surface area contributed by atoms with Gasteiger partial charge in [0, 0.05) is 6.07 Å². The molecule has 0 bridgehead atoms. The average molecular weight is 222 g/mol. The number of rotatable bonds is 2. The fourth-order valence-corrected chi connectivity index (χ4v) is 1.26. The minimum absolute atomic E-state index is 0.0703. The average Bonchev–Trinajstić information content (AvgIpc) is 2.17. The van der Waals surface area contributed by atoms with Crippen molar-refractivity contribution in [2.45, 2.75) is 0 Å². The van der Waals surface area contributed by atoms with Crippen molar-refractivity contribution in [1.82, 2.24) is 9.97 Å². The molecule has 0 atom stereocenters. The first-order valence-electron chi connectivity index (χ1n) is 4.27. The summed E-state index contributed by atoms with van der Waals surface area (Å²) in [4.78, 5) is 7.61. The van der Waals surface area contributed by atoms with Crippen LogP contribution in [0.25, 0.3) is 0 Å². The van der Waals surface area contributed by atoms with Crippen LogP contribution in [0.4, 0.5) is 5.82 Å². The van der Waals surface area contributed by atoms with E-state index in [0.717, 1.165) is 0 Å². The van der Waals surface area contributed by atoms with E-state index in [2.05, 4.69) is 9.97 Å². The Balaban J connectivity index is 2.25. The summed E-state index contributed by atoms with van der Waals surface area (Å²) in [7, 11) is 0. The van der Waals surface area contributed by atoms with E-state index in [1.54, 1.807) is 0 Å². The van der Waals surface area contributed by atoms with Gasteiger partial charge in [0.25, 0.3) is 0 Å². The summed E-state index contributed by atoms with van der Waals surface area (Å²) in [6.45, 7) is 0. The Bertz CT molecular complexity index is 441. The van der Waals surface area contributed by atoms with E-state index < -0.39 is 0 Å². The molecule has 2 aromatic rings. The fraction of sp³-hybridized carbons (Fsp3) is 0. The summed E-state index contributed by atoms with van der Waals surface area (Å²) >= 11 is 5.63. The molecule has 1 aromatic heterocycles. The summed E-state index contributed by atoms with van der Waals surface area (Å²) in [5.74, 6) is 1.28. The predicted molar refractivity (Wildman–Crippen MR) is 58.0 cm³/mol. The van der Waals surface area contributed by atoms with Gasteiger partial charge in [-0.15, -0.1) is 0 Å². The molecule has 76 valence electrons. The van der Waals surface area contributed by atoms with E-state index >= 15 is 0 Å². The maximum Gasteiger partial charge on any atom is 0.227 e. The third kappa shape index (κ3) is 2.57. The topological polar surface area (TPSA) is 61.0 Å². The largest absolute Gasteiger partial charge is 0.439 e. The molecule has 1 heterocycles. The van der Waals surface area contributed by atoms with Crippen LogP contribution in [0.15, 0.2) is 36.4 Å². The van der Waals surface area contributed by atoms with Gasteiger partial charge < -0.3 is 10.5 Å². The zero-order valence-electron chi connectivity index (χ0n) is 7.72. The summed E-state index contributed by atoms with van der Waals surface area (Å²) in [5.41, 5.74) is 5.50. The molecule has 0 radical (unpaired) electrons. The highest BCUT2D eigenvalue weighted by molar-refractivity contribution is 6.28. The van der Waals surface area contributed by atoms with Gasteiger partial charge in [-0.2, -0.15) is 4.98 Å². The van der Waals surface area contributed by atoms with Gasteiger partial charge in [0.15, 0.2) is 0 Å². The second-order valence-corrected chi connectivity index (χ2v) is 3.15. The second kappa shape index (κ2) is 4.14. The number of ether oxygens (including phenoxy) is 1. The molecule has 15 heavy (non-hydrogen) atoms. The number of benzene rings is 1. The number of hydrogen-bond donors (Lipinski definition) is 1. The Hall–Kier alpha value is -1.81. The van der Waals surface area contributed by atoms with Crippen LogP contribution in [0.1, 0.15) is 0 Å². The molecular weight excluding hydrogens is 214 g/mol. The van der Waals surface area contributed by atoms with Gasteiger partial charge in [-0.25, -0.2) is 4.98 Å². The van der Waals surface area contributed by atoms with Gasteiger partial charge >= 0.3 is 0 Å². The third-order valence-corrected chi connectivity index (χ3v) is 1.83. The normalized spacial score (nSPS) is 9.93. The van der Waals surface area contributed by atoms with E-state index in [9.17, 15) is 0 Å². The SMILES string of the molecule is Nc1cc(Oc2ccccc2)nc(Cl)n1. The lowest BCUT2D eigenvalue weighted by Crippen LogP contribution is -1.95. The Morgan fingerprint density at radius 1 is 1.13 bits per heavy atom. The molecule has 0 aliphatic heterocycles. The van der Waals surface area contributed by atoms with Gasteiger partial charge in [-0.3, -0.25) is 0 Å². The molecule has 0 aliphatic carbocycles. The van der Waals surface area contributed by atoms with Crippen LogP contribution in [0.2, 0.25) is 5.28 Å². The number of aromatic nitrogens is 2. The van der Waals surface area contributed by atoms with E-state index in [-0.39, 0.29) is 11.1 Å². The molecule has 2 rings (SSSR count). The Morgan fingerprint density at radius 2 is 1.87 bits per heavy atom. The predicted octanol–water partition coefficient (Wildman–Crippen LogP) is 2.50. The van der Waals surface area contributed by atoms with Crippen molar-refractivity contribution >= 4 is 17.4 Å². The van der Waals surface area contributed by atoms with Crippen molar-refractivity contribution in [2.24, 2.45) is 0 Å². The van der Waals surface area contributed by atoms with Crippen molar-refractivity contribution in [1.29, 1.82) is 0 Å². The highest BCUT2D eigenvalue weighted by Crippen LogP contribution is 2.21. The lowest BCUT2D eigenvalue weighted by atomic mass is 10.3. The standard InChI is InChI=1S/C10H8ClN3O/c11-10-13-8(12)6-9(14-10)15-7-4-2-1-3-5-7/h1-6H,(H2,12,13,14). The molecule has 0 aliphatic rings. The van der Waals surface area contributed by atoms with Gasteiger partial charge in [-0.05, 0) is 23.7 Å². The monoisotopic (exact) mass is 221 g/mol. The molecule has 5 heteroatoms. The smallest absolute Gasteiger partial charge is 0.227 e. The molecule has 4 nitrogen and oxygen atoms in total. The number of nitrogen functional groups attached to an aromatic ring is 1. The Labute approximate surface area is 91.7 Å². The van der Waals surface area contributed by atoms with Crippen LogP contribution in [0.5, 0.6) is 11.6 Å². The second-order valence-electron chi connectivity index (χ2n) is 2.82. The van der Waals surface area contributed by atoms with E-state index in [4.69, 9.17) is 22.1 Å². The lowest BCUT2D eigenvalue weighted by Gasteiger charge is -2.04. The number of halogens is 1. The van der Waals surface area contributed by atoms with Crippen molar-refractivity contribution in [3.63, 3.8) is 0 Å². The maximum atomic E-state index is 5.63. The molecule has 0 saturated heterocycles. The number of hydrogen-bond acceptors (Lipinski definition) is 4.